The largest absolute Gasteiger partial charge is 0.385 e. The molecule has 0 radical (unpaired) electrons. The van der Waals surface area contributed by atoms with Gasteiger partial charge in [-0.2, -0.15) is 0 Å². The number of anilines is 1. The van der Waals surface area contributed by atoms with E-state index in [4.69, 9.17) is 4.74 Å². The highest BCUT2D eigenvalue weighted by Gasteiger charge is 2.15. The van der Waals surface area contributed by atoms with Crippen LogP contribution in [-0.4, -0.2) is 32.2 Å². The molecule has 0 aliphatic heterocycles. The minimum absolute atomic E-state index is 0.175. The fraction of sp³-hybridized carbons (Fsp3) is 0.462. The lowest BCUT2D eigenvalue weighted by atomic mass is 10.2. The number of carbonyl (C=O) groups is 1. The van der Waals surface area contributed by atoms with E-state index in [2.05, 4.69) is 26.6 Å². The van der Waals surface area contributed by atoms with Crippen LogP contribution in [-0.2, 0) is 9.53 Å². The average molecular weight is 333 g/mol. The third-order valence-electron chi connectivity index (χ3n) is 2.54. The first-order valence-electron chi connectivity index (χ1n) is 6.03. The van der Waals surface area contributed by atoms with E-state index in [-0.39, 0.29) is 5.91 Å². The molecule has 1 unspecified atom stereocenters. The zero-order chi connectivity index (χ0) is 14.3. The maximum atomic E-state index is 13.6. The molecule has 1 aromatic rings. The van der Waals surface area contributed by atoms with Gasteiger partial charge < -0.3 is 15.4 Å². The van der Waals surface area contributed by atoms with Crippen LogP contribution in [0.4, 0.5) is 10.1 Å². The SMILES string of the molecule is COCCCNC(=O)C(C)Nc1c(F)cccc1Br. The van der Waals surface area contributed by atoms with Crippen LogP contribution in [0.15, 0.2) is 22.7 Å². The van der Waals surface area contributed by atoms with E-state index in [0.717, 1.165) is 6.42 Å². The van der Waals surface area contributed by atoms with Gasteiger partial charge in [0.1, 0.15) is 11.9 Å². The van der Waals surface area contributed by atoms with Gasteiger partial charge in [0.15, 0.2) is 0 Å². The van der Waals surface area contributed by atoms with Gasteiger partial charge in [0.25, 0.3) is 0 Å². The molecule has 2 N–H and O–H groups in total. The maximum absolute atomic E-state index is 13.6. The first-order valence-corrected chi connectivity index (χ1v) is 6.82. The third kappa shape index (κ3) is 5.16. The normalized spacial score (nSPS) is 12.0. The van der Waals surface area contributed by atoms with E-state index in [1.165, 1.54) is 6.07 Å². The van der Waals surface area contributed by atoms with E-state index < -0.39 is 11.9 Å². The fourth-order valence-corrected chi connectivity index (χ4v) is 1.96. The van der Waals surface area contributed by atoms with Gasteiger partial charge in [-0.25, -0.2) is 4.39 Å². The van der Waals surface area contributed by atoms with Crippen molar-refractivity contribution in [1.29, 1.82) is 0 Å². The molecule has 19 heavy (non-hydrogen) atoms. The van der Waals surface area contributed by atoms with Crippen LogP contribution >= 0.6 is 15.9 Å². The Kier molecular flexibility index (Phi) is 6.80. The second-order valence-corrected chi connectivity index (χ2v) is 4.95. The van der Waals surface area contributed by atoms with E-state index in [1.807, 2.05) is 0 Å². The van der Waals surface area contributed by atoms with Crippen LogP contribution in [0.2, 0.25) is 0 Å². The molecule has 0 aliphatic carbocycles. The van der Waals surface area contributed by atoms with Crippen LogP contribution in [0.25, 0.3) is 0 Å². The number of halogens is 2. The Morgan fingerprint density at radius 3 is 2.89 bits per heavy atom. The van der Waals surface area contributed by atoms with Crippen molar-refractivity contribution in [2.45, 2.75) is 19.4 Å². The summed E-state index contributed by atoms with van der Waals surface area (Å²) >= 11 is 3.25. The summed E-state index contributed by atoms with van der Waals surface area (Å²) in [4.78, 5) is 11.8. The first-order chi connectivity index (χ1) is 9.06. The Labute approximate surface area is 120 Å². The van der Waals surface area contributed by atoms with Crippen molar-refractivity contribution >= 4 is 27.5 Å². The van der Waals surface area contributed by atoms with Gasteiger partial charge in [0, 0.05) is 24.7 Å². The van der Waals surface area contributed by atoms with Gasteiger partial charge in [-0.05, 0) is 41.4 Å². The molecular formula is C13H18BrFN2O2. The van der Waals surface area contributed by atoms with Gasteiger partial charge in [-0.15, -0.1) is 0 Å². The van der Waals surface area contributed by atoms with E-state index >= 15 is 0 Å². The summed E-state index contributed by atoms with van der Waals surface area (Å²) in [7, 11) is 1.61. The number of amides is 1. The van der Waals surface area contributed by atoms with Crippen molar-refractivity contribution in [3.8, 4) is 0 Å². The first kappa shape index (κ1) is 15.9. The number of benzene rings is 1. The van der Waals surface area contributed by atoms with Crippen molar-refractivity contribution < 1.29 is 13.9 Å². The molecule has 0 fully saturated rings. The summed E-state index contributed by atoms with van der Waals surface area (Å²) in [5.41, 5.74) is 0.294. The minimum Gasteiger partial charge on any atom is -0.385 e. The molecule has 1 aromatic carbocycles. The zero-order valence-electron chi connectivity index (χ0n) is 11.0. The van der Waals surface area contributed by atoms with Crippen LogP contribution in [0.1, 0.15) is 13.3 Å². The Bertz CT molecular complexity index is 409. The number of ether oxygens (including phenoxy) is 1. The number of methoxy groups -OCH3 is 1. The Morgan fingerprint density at radius 1 is 1.53 bits per heavy atom. The lowest BCUT2D eigenvalue weighted by Crippen LogP contribution is -2.38. The molecule has 0 heterocycles. The summed E-state index contributed by atoms with van der Waals surface area (Å²) in [6.07, 6.45) is 0.748. The predicted molar refractivity (Wildman–Crippen MR) is 76.7 cm³/mol. The predicted octanol–water partition coefficient (Wildman–Crippen LogP) is 2.54. The van der Waals surface area contributed by atoms with Crippen molar-refractivity contribution in [3.05, 3.63) is 28.5 Å². The molecule has 1 atom stereocenters. The smallest absolute Gasteiger partial charge is 0.242 e. The summed E-state index contributed by atoms with van der Waals surface area (Å²) in [5.74, 6) is -0.570. The molecule has 0 saturated heterocycles. The summed E-state index contributed by atoms with van der Waals surface area (Å²) in [5, 5.41) is 5.61. The highest BCUT2D eigenvalue weighted by molar-refractivity contribution is 9.10. The Balaban J connectivity index is 2.50. The maximum Gasteiger partial charge on any atom is 0.242 e. The standard InChI is InChI=1S/C13H18BrFN2O2/c1-9(13(18)16-7-4-8-19-2)17-12-10(14)5-3-6-11(12)15/h3,5-6,9,17H,4,7-8H2,1-2H3,(H,16,18). The monoisotopic (exact) mass is 332 g/mol. The zero-order valence-corrected chi connectivity index (χ0v) is 12.6. The number of rotatable bonds is 7. The highest BCUT2D eigenvalue weighted by atomic mass is 79.9. The van der Waals surface area contributed by atoms with Crippen LogP contribution < -0.4 is 10.6 Å². The topological polar surface area (TPSA) is 50.4 Å². The Hall–Kier alpha value is -1.14. The molecule has 4 nitrogen and oxygen atoms in total. The molecule has 1 rings (SSSR count). The number of nitrogens with one attached hydrogen (secondary N) is 2. The average Bonchev–Trinajstić information content (AvgIpc) is 2.38. The quantitative estimate of drug-likeness (QED) is 0.754. The summed E-state index contributed by atoms with van der Waals surface area (Å²) < 4.78 is 19.1. The number of carbonyl (C=O) groups excluding carboxylic acids is 1. The second kappa shape index (κ2) is 8.12. The van der Waals surface area contributed by atoms with E-state index in [9.17, 15) is 9.18 Å². The van der Waals surface area contributed by atoms with Gasteiger partial charge in [0.05, 0.1) is 5.69 Å². The number of hydrogen-bond donors (Lipinski definition) is 2. The molecule has 0 aromatic heterocycles. The fourth-order valence-electron chi connectivity index (χ4n) is 1.50. The molecule has 0 saturated carbocycles. The van der Waals surface area contributed by atoms with Crippen LogP contribution in [0, 0.1) is 5.82 Å². The lowest BCUT2D eigenvalue weighted by Gasteiger charge is -2.16. The van der Waals surface area contributed by atoms with Crippen molar-refractivity contribution in [1.82, 2.24) is 5.32 Å². The van der Waals surface area contributed by atoms with E-state index in [0.29, 0.717) is 23.3 Å². The van der Waals surface area contributed by atoms with Crippen molar-refractivity contribution in [2.24, 2.45) is 0 Å². The van der Waals surface area contributed by atoms with Gasteiger partial charge >= 0.3 is 0 Å². The van der Waals surface area contributed by atoms with Crippen LogP contribution in [0.5, 0.6) is 0 Å². The number of para-hydroxylation sites is 1. The molecule has 0 spiro atoms. The summed E-state index contributed by atoms with van der Waals surface area (Å²) in [6, 6.07) is 4.14. The molecular weight excluding hydrogens is 315 g/mol. The molecule has 6 heteroatoms. The van der Waals surface area contributed by atoms with Crippen molar-refractivity contribution in [2.75, 3.05) is 25.6 Å². The van der Waals surface area contributed by atoms with Gasteiger partial charge in [0.2, 0.25) is 5.91 Å². The highest BCUT2D eigenvalue weighted by Crippen LogP contribution is 2.25. The lowest BCUT2D eigenvalue weighted by molar-refractivity contribution is -0.121. The number of hydrogen-bond acceptors (Lipinski definition) is 3. The van der Waals surface area contributed by atoms with Crippen LogP contribution in [0.3, 0.4) is 0 Å². The third-order valence-corrected chi connectivity index (χ3v) is 3.20. The molecule has 0 aliphatic rings. The van der Waals surface area contributed by atoms with Gasteiger partial charge in [-0.1, -0.05) is 6.07 Å². The molecule has 1 amide bonds. The summed E-state index contributed by atoms with van der Waals surface area (Å²) in [6.45, 7) is 2.82. The second-order valence-electron chi connectivity index (χ2n) is 4.10. The Morgan fingerprint density at radius 2 is 2.26 bits per heavy atom. The van der Waals surface area contributed by atoms with Gasteiger partial charge in [-0.3, -0.25) is 4.79 Å². The van der Waals surface area contributed by atoms with Crippen molar-refractivity contribution in [3.63, 3.8) is 0 Å². The minimum atomic E-state index is -0.518. The van der Waals surface area contributed by atoms with E-state index in [1.54, 1.807) is 26.2 Å². The molecule has 106 valence electrons. The molecule has 0 bridgehead atoms.